The van der Waals surface area contributed by atoms with Gasteiger partial charge in [0.05, 0.1) is 12.0 Å². The lowest BCUT2D eigenvalue weighted by atomic mass is 10.1. The quantitative estimate of drug-likeness (QED) is 0.809. The van der Waals surface area contributed by atoms with E-state index >= 15 is 0 Å². The van der Waals surface area contributed by atoms with Crippen LogP contribution < -0.4 is 5.32 Å². The number of amides is 1. The number of aliphatic carboxylic acids is 1. The number of hydrogen-bond acceptors (Lipinski definition) is 3. The predicted molar refractivity (Wildman–Crippen MR) is 83.3 cm³/mol. The first-order chi connectivity index (χ1) is 9.86. The van der Waals surface area contributed by atoms with Crippen molar-refractivity contribution in [2.45, 2.75) is 33.7 Å². The van der Waals surface area contributed by atoms with Crippen LogP contribution in [-0.4, -0.2) is 41.0 Å². The van der Waals surface area contributed by atoms with Gasteiger partial charge in [0.2, 0.25) is 5.91 Å². The Hall–Kier alpha value is -1.88. The number of benzene rings is 1. The minimum absolute atomic E-state index is 0.122. The molecule has 0 aliphatic rings. The Kier molecular flexibility index (Phi) is 6.37. The van der Waals surface area contributed by atoms with Gasteiger partial charge in [-0.1, -0.05) is 32.0 Å². The molecule has 0 heterocycles. The highest BCUT2D eigenvalue weighted by molar-refractivity contribution is 5.95. The van der Waals surface area contributed by atoms with Crippen LogP contribution in [0.3, 0.4) is 0 Å². The van der Waals surface area contributed by atoms with E-state index in [1.54, 1.807) is 13.8 Å². The second-order valence-corrected chi connectivity index (χ2v) is 5.31. The summed E-state index contributed by atoms with van der Waals surface area (Å²) in [6.07, 6.45) is 0. The van der Waals surface area contributed by atoms with Gasteiger partial charge < -0.3 is 10.4 Å². The number of aryl methyl sites for hydroxylation is 1. The van der Waals surface area contributed by atoms with Crippen LogP contribution in [0.15, 0.2) is 24.3 Å². The number of rotatable bonds is 7. The first-order valence-electron chi connectivity index (χ1n) is 7.20. The number of nitrogens with one attached hydrogen (secondary N) is 1. The SMILES string of the molecule is CCN(CC(C)C(=O)O)C(C)C(=O)Nc1ccccc1C. The highest BCUT2D eigenvalue weighted by atomic mass is 16.4. The van der Waals surface area contributed by atoms with Crippen LogP contribution in [0.1, 0.15) is 26.3 Å². The molecule has 1 amide bonds. The van der Waals surface area contributed by atoms with Crippen molar-refractivity contribution in [1.29, 1.82) is 0 Å². The number of carboxylic acid groups (broad SMARTS) is 1. The van der Waals surface area contributed by atoms with Crippen LogP contribution in [-0.2, 0) is 9.59 Å². The number of carboxylic acids is 1. The average Bonchev–Trinajstić information content (AvgIpc) is 2.45. The van der Waals surface area contributed by atoms with Crippen molar-refractivity contribution >= 4 is 17.6 Å². The van der Waals surface area contributed by atoms with Gasteiger partial charge in [0.1, 0.15) is 0 Å². The predicted octanol–water partition coefficient (Wildman–Crippen LogP) is 2.36. The molecule has 0 aliphatic carbocycles. The molecule has 5 heteroatoms. The van der Waals surface area contributed by atoms with Gasteiger partial charge in [-0.25, -0.2) is 0 Å². The molecule has 5 nitrogen and oxygen atoms in total. The zero-order valence-corrected chi connectivity index (χ0v) is 13.1. The lowest BCUT2D eigenvalue weighted by molar-refractivity contribution is -0.142. The van der Waals surface area contributed by atoms with Gasteiger partial charge in [-0.15, -0.1) is 0 Å². The normalized spacial score (nSPS) is 13.8. The van der Waals surface area contributed by atoms with Crippen molar-refractivity contribution in [2.75, 3.05) is 18.4 Å². The second kappa shape index (κ2) is 7.78. The second-order valence-electron chi connectivity index (χ2n) is 5.31. The van der Waals surface area contributed by atoms with Gasteiger partial charge in [0.15, 0.2) is 0 Å². The van der Waals surface area contributed by atoms with Crippen molar-refractivity contribution in [3.05, 3.63) is 29.8 Å². The van der Waals surface area contributed by atoms with E-state index in [9.17, 15) is 9.59 Å². The topological polar surface area (TPSA) is 69.6 Å². The highest BCUT2D eigenvalue weighted by Crippen LogP contribution is 2.14. The van der Waals surface area contributed by atoms with Gasteiger partial charge in [0, 0.05) is 12.2 Å². The molecule has 1 aromatic carbocycles. The van der Waals surface area contributed by atoms with E-state index < -0.39 is 11.9 Å². The van der Waals surface area contributed by atoms with Gasteiger partial charge in [-0.2, -0.15) is 0 Å². The number of carbonyl (C=O) groups is 2. The van der Waals surface area contributed by atoms with Crippen LogP contribution in [0.4, 0.5) is 5.69 Å². The van der Waals surface area contributed by atoms with Crippen molar-refractivity contribution in [3.63, 3.8) is 0 Å². The number of carbonyl (C=O) groups excluding carboxylic acids is 1. The number of anilines is 1. The van der Waals surface area contributed by atoms with Crippen LogP contribution in [0, 0.1) is 12.8 Å². The van der Waals surface area contributed by atoms with E-state index in [2.05, 4.69) is 5.32 Å². The molecule has 0 saturated heterocycles. The number of likely N-dealkylation sites (N-methyl/N-ethyl adjacent to an activating group) is 1. The van der Waals surface area contributed by atoms with Gasteiger partial charge in [0.25, 0.3) is 0 Å². The van der Waals surface area contributed by atoms with Crippen molar-refractivity contribution < 1.29 is 14.7 Å². The molecule has 1 aromatic rings. The largest absolute Gasteiger partial charge is 0.481 e. The molecule has 1 rings (SSSR count). The Morgan fingerprint density at radius 1 is 1.29 bits per heavy atom. The molecular weight excluding hydrogens is 268 g/mol. The fraction of sp³-hybridized carbons (Fsp3) is 0.500. The van der Waals surface area contributed by atoms with Gasteiger partial charge >= 0.3 is 5.97 Å². The number of nitrogens with zero attached hydrogens (tertiary/aromatic N) is 1. The molecule has 116 valence electrons. The maximum absolute atomic E-state index is 12.3. The van der Waals surface area contributed by atoms with Gasteiger partial charge in [-0.3, -0.25) is 14.5 Å². The van der Waals surface area contributed by atoms with E-state index in [1.165, 1.54) is 0 Å². The lowest BCUT2D eigenvalue weighted by Gasteiger charge is -2.28. The van der Waals surface area contributed by atoms with E-state index in [4.69, 9.17) is 5.11 Å². The monoisotopic (exact) mass is 292 g/mol. The molecule has 2 unspecified atom stereocenters. The average molecular weight is 292 g/mol. The third kappa shape index (κ3) is 4.86. The molecule has 0 aromatic heterocycles. The molecule has 2 N–H and O–H groups in total. The Bertz CT molecular complexity index is 502. The summed E-state index contributed by atoms with van der Waals surface area (Å²) in [4.78, 5) is 25.1. The van der Waals surface area contributed by atoms with E-state index in [0.29, 0.717) is 13.1 Å². The summed E-state index contributed by atoms with van der Waals surface area (Å²) in [6, 6.07) is 7.20. The summed E-state index contributed by atoms with van der Waals surface area (Å²) in [7, 11) is 0. The van der Waals surface area contributed by atoms with Crippen LogP contribution in [0.2, 0.25) is 0 Å². The summed E-state index contributed by atoms with van der Waals surface area (Å²) < 4.78 is 0. The number of para-hydroxylation sites is 1. The fourth-order valence-corrected chi connectivity index (χ4v) is 2.11. The van der Waals surface area contributed by atoms with Crippen LogP contribution >= 0.6 is 0 Å². The molecular formula is C16H24N2O3. The molecule has 0 radical (unpaired) electrons. The Balaban J connectivity index is 2.71. The fourth-order valence-electron chi connectivity index (χ4n) is 2.11. The lowest BCUT2D eigenvalue weighted by Crippen LogP contribution is -2.45. The Labute approximate surface area is 126 Å². The van der Waals surface area contributed by atoms with Crippen LogP contribution in [0.5, 0.6) is 0 Å². The minimum Gasteiger partial charge on any atom is -0.481 e. The summed E-state index contributed by atoms with van der Waals surface area (Å²) in [5, 5.41) is 11.9. The zero-order chi connectivity index (χ0) is 16.0. The standard InChI is InChI=1S/C16H24N2O3/c1-5-18(10-12(3)16(20)21)13(4)15(19)17-14-9-7-6-8-11(14)2/h6-9,12-13H,5,10H2,1-4H3,(H,17,19)(H,20,21). The third-order valence-corrected chi connectivity index (χ3v) is 3.67. The molecule has 0 spiro atoms. The van der Waals surface area contributed by atoms with Crippen LogP contribution in [0.25, 0.3) is 0 Å². The minimum atomic E-state index is -0.847. The van der Waals surface area contributed by atoms with Crippen molar-refractivity contribution in [3.8, 4) is 0 Å². The summed E-state index contributed by atoms with van der Waals surface area (Å²) >= 11 is 0. The molecule has 2 atom stereocenters. The van der Waals surface area contributed by atoms with E-state index in [-0.39, 0.29) is 11.9 Å². The Morgan fingerprint density at radius 2 is 1.90 bits per heavy atom. The van der Waals surface area contributed by atoms with E-state index in [1.807, 2.05) is 43.0 Å². The molecule has 0 aliphatic heterocycles. The summed E-state index contributed by atoms with van der Waals surface area (Å²) in [5.74, 6) is -1.47. The highest BCUT2D eigenvalue weighted by Gasteiger charge is 2.24. The van der Waals surface area contributed by atoms with Gasteiger partial charge in [-0.05, 0) is 32.0 Å². The Morgan fingerprint density at radius 3 is 2.43 bits per heavy atom. The summed E-state index contributed by atoms with van der Waals surface area (Å²) in [6.45, 7) is 8.29. The van der Waals surface area contributed by atoms with Crippen molar-refractivity contribution in [1.82, 2.24) is 4.90 Å². The molecule has 0 saturated carbocycles. The first-order valence-corrected chi connectivity index (χ1v) is 7.20. The maximum Gasteiger partial charge on any atom is 0.307 e. The maximum atomic E-state index is 12.3. The third-order valence-electron chi connectivity index (χ3n) is 3.67. The molecule has 0 bridgehead atoms. The smallest absolute Gasteiger partial charge is 0.307 e. The summed E-state index contributed by atoms with van der Waals surface area (Å²) in [5.41, 5.74) is 1.79. The molecule has 21 heavy (non-hydrogen) atoms. The molecule has 0 fully saturated rings. The van der Waals surface area contributed by atoms with Crippen molar-refractivity contribution in [2.24, 2.45) is 5.92 Å². The first kappa shape index (κ1) is 17.2. The number of hydrogen-bond donors (Lipinski definition) is 2. The van der Waals surface area contributed by atoms with E-state index in [0.717, 1.165) is 11.3 Å². The zero-order valence-electron chi connectivity index (χ0n) is 13.1.